The number of esters is 1. The van der Waals surface area contributed by atoms with Crippen molar-refractivity contribution in [3.05, 3.63) is 36.0 Å². The SMILES string of the molecule is C=CC[C@@H]1/C=C(\C)C[C@H](C)C[C@H](OC)[C@H]2O[C@@](O)(C(=O)C(=O)N3CCCC[C@H]3C(=O)O[C@H](/C(C)=C/[C@@H]3CC[C@@H](O)[C@H](OC)C3)[C@H](C)[C@@H](O)CC1=O)[C@H](C)C[C@@H]2OC.CC(=O)O. The molecule has 0 radical (unpaired) electrons. The Morgan fingerprint density at radius 3 is 2.15 bits per heavy atom. The van der Waals surface area contributed by atoms with E-state index in [1.165, 1.54) is 19.1 Å². The summed E-state index contributed by atoms with van der Waals surface area (Å²) in [5.41, 5.74) is 1.61. The van der Waals surface area contributed by atoms with E-state index in [0.717, 1.165) is 12.5 Å². The molecule has 4 aliphatic rings. The first-order valence-electron chi connectivity index (χ1n) is 21.8. The molecule has 0 aromatic heterocycles. The number of nitrogens with zero attached hydrogens (tertiary/aromatic N) is 1. The van der Waals surface area contributed by atoms with E-state index in [0.29, 0.717) is 56.9 Å². The van der Waals surface area contributed by atoms with Crippen LogP contribution in [0.25, 0.3) is 0 Å². The highest BCUT2D eigenvalue weighted by molar-refractivity contribution is 6.39. The lowest BCUT2D eigenvalue weighted by atomic mass is 9.81. The molecule has 15 nitrogen and oxygen atoms in total. The predicted molar refractivity (Wildman–Crippen MR) is 226 cm³/mol. The first-order valence-corrected chi connectivity index (χ1v) is 21.8. The number of hydrogen-bond donors (Lipinski definition) is 4. The van der Waals surface area contributed by atoms with Crippen LogP contribution in [0.15, 0.2) is 36.0 Å². The second-order valence-electron chi connectivity index (χ2n) is 17.8. The number of methoxy groups -OCH3 is 3. The van der Waals surface area contributed by atoms with Crippen molar-refractivity contribution in [1.29, 1.82) is 0 Å². The van der Waals surface area contributed by atoms with E-state index >= 15 is 0 Å². The molecule has 3 aliphatic heterocycles. The summed E-state index contributed by atoms with van der Waals surface area (Å²) in [4.78, 5) is 66.8. The molecule has 4 rings (SSSR count). The van der Waals surface area contributed by atoms with E-state index in [-0.39, 0.29) is 49.5 Å². The molecule has 3 fully saturated rings. The van der Waals surface area contributed by atoms with Crippen molar-refractivity contribution < 1.29 is 68.1 Å². The molecule has 0 aromatic rings. The van der Waals surface area contributed by atoms with Crippen LogP contribution < -0.4 is 0 Å². The number of carboxylic acid groups (broad SMARTS) is 1. The zero-order valence-corrected chi connectivity index (χ0v) is 37.7. The number of fused-ring (bicyclic) bond motifs is 3. The Balaban J connectivity index is 0.00000237. The van der Waals surface area contributed by atoms with Gasteiger partial charge in [0.25, 0.3) is 17.7 Å². The maximum Gasteiger partial charge on any atom is 0.329 e. The molecule has 1 saturated carbocycles. The van der Waals surface area contributed by atoms with Gasteiger partial charge < -0.3 is 49.0 Å². The van der Waals surface area contributed by atoms with Gasteiger partial charge in [-0.05, 0) is 95.5 Å². The summed E-state index contributed by atoms with van der Waals surface area (Å²) in [5, 5.41) is 41.6. The number of allylic oxidation sites excluding steroid dienone is 4. The van der Waals surface area contributed by atoms with Crippen LogP contribution in [0.2, 0.25) is 0 Å². The van der Waals surface area contributed by atoms with Crippen molar-refractivity contribution >= 4 is 29.4 Å². The molecular formula is C46H73NO14. The van der Waals surface area contributed by atoms with Crippen LogP contribution in [0.3, 0.4) is 0 Å². The van der Waals surface area contributed by atoms with E-state index < -0.39 is 89.8 Å². The molecule has 14 atom stereocenters. The minimum Gasteiger partial charge on any atom is -0.481 e. The van der Waals surface area contributed by atoms with Crippen LogP contribution in [-0.2, 0) is 47.7 Å². The molecule has 15 heteroatoms. The monoisotopic (exact) mass is 864 g/mol. The predicted octanol–water partition coefficient (Wildman–Crippen LogP) is 4.73. The standard InChI is InChI=1S/C44H69NO12.C2H4O2/c1-10-13-31-19-25(2)18-26(3)20-37(54-8)40-38(55-9)22-28(5)44(52,57-40)41(49)42(50)45-17-12-11-14-32(45)43(51)56-39(29(6)34(47)24-35(31)48)27(4)21-30-15-16-33(46)36(23-30)53-7;1-2(3)4/h10,19,21,26,28-34,36-40,46-47,52H,1,11-18,20,22-24H2,2-9H3;1H3,(H,3,4)/b25-19+,27-21+;/t26-,28+,29+,30-,31+,32-,33+,34-,36+,37-,38-,39+,40+,44+;/m0./s1. The summed E-state index contributed by atoms with van der Waals surface area (Å²) < 4.78 is 29.7. The minimum absolute atomic E-state index is 0.00988. The number of aliphatic carboxylic acids is 1. The van der Waals surface area contributed by atoms with Crippen LogP contribution >= 0.6 is 0 Å². The number of Topliss-reactive ketones (excluding diaryl/α,β-unsaturated/α-hetero) is 2. The van der Waals surface area contributed by atoms with Crippen LogP contribution in [-0.4, -0.2) is 137 Å². The topological polar surface area (TPSA) is 216 Å². The van der Waals surface area contributed by atoms with Crippen molar-refractivity contribution in [2.75, 3.05) is 27.9 Å². The lowest BCUT2D eigenvalue weighted by Gasteiger charge is -2.47. The van der Waals surface area contributed by atoms with Gasteiger partial charge in [0.15, 0.2) is 0 Å². The first-order chi connectivity index (χ1) is 28.7. The zero-order valence-electron chi connectivity index (χ0n) is 37.7. The van der Waals surface area contributed by atoms with Crippen LogP contribution in [0.5, 0.6) is 0 Å². The van der Waals surface area contributed by atoms with Crippen LogP contribution in [0.4, 0.5) is 0 Å². The number of aliphatic hydroxyl groups excluding tert-OH is 2. The second kappa shape index (κ2) is 23.9. The average Bonchev–Trinajstić information content (AvgIpc) is 3.21. The van der Waals surface area contributed by atoms with Crippen molar-refractivity contribution in [3.63, 3.8) is 0 Å². The summed E-state index contributed by atoms with van der Waals surface area (Å²) >= 11 is 0. The van der Waals surface area contributed by atoms with Gasteiger partial charge in [0.2, 0.25) is 5.79 Å². The Labute approximate surface area is 361 Å². The molecular weight excluding hydrogens is 790 g/mol. The number of amides is 1. The highest BCUT2D eigenvalue weighted by atomic mass is 16.7. The Kier molecular flexibility index (Phi) is 20.4. The van der Waals surface area contributed by atoms with Gasteiger partial charge in [-0.1, -0.05) is 44.6 Å². The maximum atomic E-state index is 14.3. The third-order valence-electron chi connectivity index (χ3n) is 12.9. The molecule has 0 unspecified atom stereocenters. The summed E-state index contributed by atoms with van der Waals surface area (Å²) in [6, 6.07) is -1.14. The molecule has 346 valence electrons. The molecule has 2 saturated heterocycles. The highest BCUT2D eigenvalue weighted by Crippen LogP contribution is 2.39. The first kappa shape index (κ1) is 52.0. The van der Waals surface area contributed by atoms with E-state index in [2.05, 4.69) is 6.58 Å². The van der Waals surface area contributed by atoms with Gasteiger partial charge in [0.05, 0.1) is 30.5 Å². The Morgan fingerprint density at radius 1 is 0.918 bits per heavy atom. The van der Waals surface area contributed by atoms with Crippen LogP contribution in [0.1, 0.15) is 112 Å². The lowest BCUT2D eigenvalue weighted by Crippen LogP contribution is -2.64. The van der Waals surface area contributed by atoms with Gasteiger partial charge in [0.1, 0.15) is 24.0 Å². The summed E-state index contributed by atoms with van der Waals surface area (Å²) in [6.45, 7) is 14.2. The Bertz CT molecular complexity index is 1570. The molecule has 1 amide bonds. The molecule has 1 aliphatic carbocycles. The van der Waals surface area contributed by atoms with Gasteiger partial charge in [-0.15, -0.1) is 6.58 Å². The summed E-state index contributed by atoms with van der Waals surface area (Å²) in [7, 11) is 4.61. The van der Waals surface area contributed by atoms with Gasteiger partial charge >= 0.3 is 5.97 Å². The number of rotatable bonds is 7. The molecule has 3 heterocycles. The number of ketones is 2. The number of carboxylic acids is 1. The number of ether oxygens (including phenoxy) is 5. The Morgan fingerprint density at radius 2 is 1.54 bits per heavy atom. The normalized spacial score (nSPS) is 38.7. The molecule has 0 aromatic carbocycles. The van der Waals surface area contributed by atoms with Gasteiger partial charge in [-0.3, -0.25) is 19.2 Å². The fourth-order valence-electron chi connectivity index (χ4n) is 9.42. The number of hydrogen-bond acceptors (Lipinski definition) is 13. The molecule has 0 spiro atoms. The zero-order chi connectivity index (χ0) is 45.8. The van der Waals surface area contributed by atoms with Gasteiger partial charge in [-0.25, -0.2) is 4.79 Å². The quantitative estimate of drug-likeness (QED) is 0.155. The number of carbonyl (C=O) groups excluding carboxylic acids is 4. The van der Waals surface area contributed by atoms with Crippen molar-refractivity contribution in [3.8, 4) is 0 Å². The average molecular weight is 864 g/mol. The summed E-state index contributed by atoms with van der Waals surface area (Å²) in [6.07, 6.45) is 4.93. The largest absolute Gasteiger partial charge is 0.481 e. The molecule has 61 heavy (non-hydrogen) atoms. The van der Waals surface area contributed by atoms with Crippen LogP contribution in [0, 0.1) is 29.6 Å². The van der Waals surface area contributed by atoms with Crippen molar-refractivity contribution in [2.24, 2.45) is 29.6 Å². The minimum atomic E-state index is -2.51. The smallest absolute Gasteiger partial charge is 0.329 e. The van der Waals surface area contributed by atoms with E-state index in [4.69, 9.17) is 33.6 Å². The van der Waals surface area contributed by atoms with E-state index in [1.807, 2.05) is 32.9 Å². The van der Waals surface area contributed by atoms with Crippen molar-refractivity contribution in [1.82, 2.24) is 4.90 Å². The van der Waals surface area contributed by atoms with E-state index in [9.17, 15) is 34.5 Å². The fourth-order valence-corrected chi connectivity index (χ4v) is 9.42. The third-order valence-corrected chi connectivity index (χ3v) is 12.9. The number of aliphatic hydroxyl groups is 3. The highest BCUT2D eigenvalue weighted by Gasteiger charge is 2.56. The summed E-state index contributed by atoms with van der Waals surface area (Å²) in [5.74, 6) is -8.59. The fraction of sp³-hybridized carbons (Fsp3) is 0.761. The maximum absolute atomic E-state index is 14.3. The van der Waals surface area contributed by atoms with Gasteiger partial charge in [0, 0.05) is 59.0 Å². The molecule has 2 bridgehead atoms. The number of carbonyl (C=O) groups is 5. The van der Waals surface area contributed by atoms with Crippen molar-refractivity contribution in [2.45, 2.75) is 167 Å². The second-order valence-corrected chi connectivity index (χ2v) is 17.8. The molecule has 4 N–H and O–H groups in total. The van der Waals surface area contributed by atoms with E-state index in [1.54, 1.807) is 27.0 Å². The number of piperidine rings is 1. The third kappa shape index (κ3) is 13.8. The lowest BCUT2D eigenvalue weighted by molar-refractivity contribution is -0.302. The van der Waals surface area contributed by atoms with Gasteiger partial charge in [-0.2, -0.15) is 0 Å². The number of cyclic esters (lactones) is 1. The Hall–Kier alpha value is -3.31.